The van der Waals surface area contributed by atoms with Crippen molar-refractivity contribution < 1.29 is 13.2 Å². The van der Waals surface area contributed by atoms with Gasteiger partial charge in [-0.1, -0.05) is 6.07 Å². The predicted octanol–water partition coefficient (Wildman–Crippen LogP) is 2.15. The molecule has 0 saturated carbocycles. The Morgan fingerprint density at radius 1 is 1.09 bits per heavy atom. The summed E-state index contributed by atoms with van der Waals surface area (Å²) in [6.45, 7) is 1.41. The maximum absolute atomic E-state index is 11.8. The normalized spacial score (nSPS) is 26.0. The summed E-state index contributed by atoms with van der Waals surface area (Å²) in [6, 6.07) is 6.30. The van der Waals surface area contributed by atoms with Crippen LogP contribution < -0.4 is 4.74 Å². The minimum absolute atomic E-state index is 0.113. The van der Waals surface area contributed by atoms with Gasteiger partial charge in [0.25, 0.3) is 10.0 Å². The van der Waals surface area contributed by atoms with Gasteiger partial charge in [0.2, 0.25) is 0 Å². The lowest BCUT2D eigenvalue weighted by atomic mass is 9.92. The van der Waals surface area contributed by atoms with Crippen LogP contribution in [0.5, 0.6) is 5.75 Å². The van der Waals surface area contributed by atoms with Crippen LogP contribution in [0.3, 0.4) is 0 Å². The molecule has 1 fully saturated rings. The van der Waals surface area contributed by atoms with Crippen LogP contribution in [-0.4, -0.2) is 44.1 Å². The van der Waals surface area contributed by atoms with E-state index in [4.69, 9.17) is 4.74 Å². The zero-order valence-electron chi connectivity index (χ0n) is 13.2. The largest absolute Gasteiger partial charge is 0.482 e. The first-order chi connectivity index (χ1) is 11.1. The van der Waals surface area contributed by atoms with Gasteiger partial charge in [0.05, 0.1) is 5.75 Å². The number of nitrogens with zero attached hydrogens (tertiary/aromatic N) is 2. The lowest BCUT2D eigenvalue weighted by Crippen LogP contribution is -2.51. The smallest absolute Gasteiger partial charge is 0.256 e. The minimum Gasteiger partial charge on any atom is -0.482 e. The standard InChI is InChI=1S/C17H22N2O3S/c20-23(21)11-10-19-9-3-6-16(17(19)18-23)22-15-8-7-13-4-1-2-5-14(13)12-15/h7-8,12,16H,1-6,9-11H2. The molecule has 1 unspecified atom stereocenters. The van der Waals surface area contributed by atoms with E-state index in [1.807, 2.05) is 6.07 Å². The highest BCUT2D eigenvalue weighted by Crippen LogP contribution is 2.28. The highest BCUT2D eigenvalue weighted by atomic mass is 32.2. The number of hydrogen-bond donors (Lipinski definition) is 0. The lowest BCUT2D eigenvalue weighted by molar-refractivity contribution is 0.201. The molecule has 1 atom stereocenters. The van der Waals surface area contributed by atoms with Crippen molar-refractivity contribution in [2.24, 2.45) is 4.40 Å². The molecule has 1 aromatic carbocycles. The number of sulfonamides is 1. The Morgan fingerprint density at radius 2 is 1.91 bits per heavy atom. The molecule has 6 heteroatoms. The van der Waals surface area contributed by atoms with Crippen LogP contribution >= 0.6 is 0 Å². The second-order valence-electron chi connectivity index (χ2n) is 6.61. The Hall–Kier alpha value is -1.56. The Kier molecular flexibility index (Phi) is 3.79. The number of benzene rings is 1. The molecule has 5 nitrogen and oxygen atoms in total. The summed E-state index contributed by atoms with van der Waals surface area (Å²) in [6.07, 6.45) is 6.34. The van der Waals surface area contributed by atoms with Crippen molar-refractivity contribution in [3.05, 3.63) is 29.3 Å². The van der Waals surface area contributed by atoms with Crippen molar-refractivity contribution >= 4 is 15.9 Å². The summed E-state index contributed by atoms with van der Waals surface area (Å²) in [7, 11) is -3.33. The fraction of sp³-hybridized carbons (Fsp3) is 0.588. The molecular weight excluding hydrogens is 312 g/mol. The second-order valence-corrected chi connectivity index (χ2v) is 8.36. The Balaban J connectivity index is 1.59. The first-order valence-corrected chi connectivity index (χ1v) is 10.1. The molecule has 0 spiro atoms. The van der Waals surface area contributed by atoms with E-state index in [1.165, 1.54) is 24.0 Å². The van der Waals surface area contributed by atoms with Gasteiger partial charge in [-0.15, -0.1) is 4.40 Å². The van der Waals surface area contributed by atoms with Crippen LogP contribution in [0.4, 0.5) is 0 Å². The molecule has 0 bridgehead atoms. The molecule has 0 aromatic heterocycles. The lowest BCUT2D eigenvalue weighted by Gasteiger charge is -2.37. The summed E-state index contributed by atoms with van der Waals surface area (Å²) in [5, 5.41) is 0. The van der Waals surface area contributed by atoms with Gasteiger partial charge in [0.1, 0.15) is 5.75 Å². The molecule has 1 aliphatic carbocycles. The monoisotopic (exact) mass is 334 g/mol. The number of hydrogen-bond acceptors (Lipinski definition) is 4. The minimum atomic E-state index is -3.33. The summed E-state index contributed by atoms with van der Waals surface area (Å²) in [5.74, 6) is 1.55. The van der Waals surface area contributed by atoms with Crippen LogP contribution in [0.2, 0.25) is 0 Å². The first kappa shape index (κ1) is 15.0. The van der Waals surface area contributed by atoms with E-state index in [1.54, 1.807) is 0 Å². The summed E-state index contributed by atoms with van der Waals surface area (Å²) in [5.41, 5.74) is 2.80. The van der Waals surface area contributed by atoms with E-state index in [9.17, 15) is 8.42 Å². The SMILES string of the molecule is O=S1(=O)CCN2CCCC(Oc3ccc4c(c3)CCCC4)C2=N1. The molecule has 1 aromatic rings. The molecule has 1 saturated heterocycles. The molecule has 124 valence electrons. The van der Waals surface area contributed by atoms with Crippen molar-refractivity contribution in [2.75, 3.05) is 18.8 Å². The molecule has 4 rings (SSSR count). The van der Waals surface area contributed by atoms with Gasteiger partial charge in [-0.3, -0.25) is 0 Å². The number of aryl methyl sites for hydroxylation is 2. The van der Waals surface area contributed by atoms with Crippen molar-refractivity contribution in [3.8, 4) is 5.75 Å². The van der Waals surface area contributed by atoms with Gasteiger partial charge in [-0.05, 0) is 61.8 Å². The number of fused-ring (bicyclic) bond motifs is 2. The van der Waals surface area contributed by atoms with E-state index >= 15 is 0 Å². The summed E-state index contributed by atoms with van der Waals surface area (Å²) >= 11 is 0. The molecule has 23 heavy (non-hydrogen) atoms. The number of rotatable bonds is 2. The zero-order chi connectivity index (χ0) is 15.9. The number of ether oxygens (including phenoxy) is 1. The molecule has 2 aliphatic heterocycles. The van der Waals surface area contributed by atoms with Crippen molar-refractivity contribution in [3.63, 3.8) is 0 Å². The molecular formula is C17H22N2O3S. The number of amidine groups is 1. The molecule has 0 amide bonds. The third-order valence-corrected chi connectivity index (χ3v) is 6.12. The van der Waals surface area contributed by atoms with Gasteiger partial charge in [-0.25, -0.2) is 8.42 Å². The van der Waals surface area contributed by atoms with E-state index < -0.39 is 10.0 Å². The van der Waals surface area contributed by atoms with Gasteiger partial charge in [-0.2, -0.15) is 0 Å². The average Bonchev–Trinajstić information content (AvgIpc) is 2.55. The van der Waals surface area contributed by atoms with Gasteiger partial charge in [0.15, 0.2) is 11.9 Å². The van der Waals surface area contributed by atoms with Crippen molar-refractivity contribution in [1.29, 1.82) is 0 Å². The van der Waals surface area contributed by atoms with Crippen LogP contribution in [-0.2, 0) is 22.9 Å². The van der Waals surface area contributed by atoms with Crippen molar-refractivity contribution in [2.45, 2.75) is 44.6 Å². The zero-order valence-corrected chi connectivity index (χ0v) is 14.0. The molecule has 0 N–H and O–H groups in total. The first-order valence-electron chi connectivity index (χ1n) is 8.47. The van der Waals surface area contributed by atoms with Gasteiger partial charge >= 0.3 is 0 Å². The molecule has 3 aliphatic rings. The summed E-state index contributed by atoms with van der Waals surface area (Å²) < 4.78 is 33.8. The van der Waals surface area contributed by atoms with E-state index in [0.717, 1.165) is 38.0 Å². The highest BCUT2D eigenvalue weighted by molar-refractivity contribution is 7.90. The summed E-state index contributed by atoms with van der Waals surface area (Å²) in [4.78, 5) is 2.06. The highest BCUT2D eigenvalue weighted by Gasteiger charge is 2.34. The fourth-order valence-electron chi connectivity index (χ4n) is 3.73. The Morgan fingerprint density at radius 3 is 2.78 bits per heavy atom. The van der Waals surface area contributed by atoms with Crippen LogP contribution in [0.25, 0.3) is 0 Å². The Bertz CT molecular complexity index is 742. The van der Waals surface area contributed by atoms with Crippen molar-refractivity contribution in [1.82, 2.24) is 4.90 Å². The maximum atomic E-state index is 11.8. The second kappa shape index (κ2) is 5.82. The van der Waals surface area contributed by atoms with Gasteiger partial charge in [0, 0.05) is 13.1 Å². The third kappa shape index (κ3) is 3.09. The third-order valence-electron chi connectivity index (χ3n) is 4.96. The van der Waals surface area contributed by atoms with E-state index in [-0.39, 0.29) is 11.9 Å². The topological polar surface area (TPSA) is 59.0 Å². The van der Waals surface area contributed by atoms with Crippen LogP contribution in [0.15, 0.2) is 22.6 Å². The van der Waals surface area contributed by atoms with Gasteiger partial charge < -0.3 is 9.64 Å². The van der Waals surface area contributed by atoms with E-state index in [0.29, 0.717) is 12.4 Å². The molecule has 2 heterocycles. The van der Waals surface area contributed by atoms with Crippen LogP contribution in [0.1, 0.15) is 36.8 Å². The van der Waals surface area contributed by atoms with Crippen LogP contribution in [0, 0.1) is 0 Å². The number of piperidine rings is 1. The predicted molar refractivity (Wildman–Crippen MR) is 89.5 cm³/mol. The quantitative estimate of drug-likeness (QED) is 0.831. The average molecular weight is 334 g/mol. The maximum Gasteiger partial charge on any atom is 0.256 e. The Labute approximate surface area is 137 Å². The fourth-order valence-corrected chi connectivity index (χ4v) is 4.79. The molecule has 0 radical (unpaired) electrons. The van der Waals surface area contributed by atoms with E-state index in [2.05, 4.69) is 21.4 Å².